The standard InChI is InChI=1S/C16H19N5/c1-3-21-11-14(10-18-21)12(2)19-15-6-4-13(5-7-15)16-8-9-17-20-16/h4-12,19H,3H2,1-2H3,(H,17,20). The molecular weight excluding hydrogens is 262 g/mol. The van der Waals surface area contributed by atoms with Crippen LogP contribution in [0.25, 0.3) is 11.3 Å². The van der Waals surface area contributed by atoms with Crippen molar-refractivity contribution in [1.82, 2.24) is 20.0 Å². The predicted molar refractivity (Wildman–Crippen MR) is 84.0 cm³/mol. The van der Waals surface area contributed by atoms with Gasteiger partial charge >= 0.3 is 0 Å². The Morgan fingerprint density at radius 3 is 2.67 bits per heavy atom. The van der Waals surface area contributed by atoms with Crippen LogP contribution in [0.4, 0.5) is 5.69 Å². The van der Waals surface area contributed by atoms with Crippen LogP contribution in [-0.4, -0.2) is 20.0 Å². The van der Waals surface area contributed by atoms with Crippen molar-refractivity contribution in [3.05, 3.63) is 54.5 Å². The van der Waals surface area contributed by atoms with Crippen LogP contribution < -0.4 is 5.32 Å². The minimum Gasteiger partial charge on any atom is -0.378 e. The monoisotopic (exact) mass is 281 g/mol. The summed E-state index contributed by atoms with van der Waals surface area (Å²) < 4.78 is 1.94. The molecule has 3 aromatic rings. The SMILES string of the molecule is CCn1cc(C(C)Nc2ccc(-c3ccn[nH]3)cc2)cn1. The molecule has 5 heteroatoms. The summed E-state index contributed by atoms with van der Waals surface area (Å²) in [6.45, 7) is 5.12. The first-order valence-electron chi connectivity index (χ1n) is 7.15. The normalized spacial score (nSPS) is 12.3. The largest absolute Gasteiger partial charge is 0.378 e. The molecule has 2 aromatic heterocycles. The predicted octanol–water partition coefficient (Wildman–Crippen LogP) is 3.47. The third kappa shape index (κ3) is 2.97. The molecule has 0 fully saturated rings. The smallest absolute Gasteiger partial charge is 0.0650 e. The Labute approximate surface area is 124 Å². The second-order valence-corrected chi connectivity index (χ2v) is 5.04. The van der Waals surface area contributed by atoms with E-state index in [1.54, 1.807) is 6.20 Å². The Balaban J connectivity index is 1.70. The van der Waals surface area contributed by atoms with Gasteiger partial charge in [0.25, 0.3) is 0 Å². The first-order valence-corrected chi connectivity index (χ1v) is 7.15. The first-order chi connectivity index (χ1) is 10.3. The van der Waals surface area contributed by atoms with Crippen LogP contribution in [-0.2, 0) is 6.54 Å². The fraction of sp³-hybridized carbons (Fsp3) is 0.250. The van der Waals surface area contributed by atoms with Gasteiger partial charge in [-0.25, -0.2) is 0 Å². The Morgan fingerprint density at radius 2 is 2.05 bits per heavy atom. The van der Waals surface area contributed by atoms with Crippen molar-refractivity contribution < 1.29 is 0 Å². The van der Waals surface area contributed by atoms with Gasteiger partial charge in [0.2, 0.25) is 0 Å². The molecular formula is C16H19N5. The van der Waals surface area contributed by atoms with Gasteiger partial charge in [-0.3, -0.25) is 9.78 Å². The van der Waals surface area contributed by atoms with E-state index < -0.39 is 0 Å². The van der Waals surface area contributed by atoms with Crippen LogP contribution >= 0.6 is 0 Å². The van der Waals surface area contributed by atoms with Gasteiger partial charge < -0.3 is 5.32 Å². The van der Waals surface area contributed by atoms with Gasteiger partial charge in [0, 0.05) is 30.2 Å². The minimum absolute atomic E-state index is 0.225. The van der Waals surface area contributed by atoms with E-state index in [1.807, 2.05) is 16.9 Å². The van der Waals surface area contributed by atoms with Crippen LogP contribution in [0, 0.1) is 0 Å². The number of anilines is 1. The highest BCUT2D eigenvalue weighted by atomic mass is 15.3. The van der Waals surface area contributed by atoms with Crippen LogP contribution in [0.3, 0.4) is 0 Å². The summed E-state index contributed by atoms with van der Waals surface area (Å²) in [6, 6.07) is 10.5. The van der Waals surface area contributed by atoms with E-state index in [4.69, 9.17) is 0 Å². The number of nitrogens with zero attached hydrogens (tertiary/aromatic N) is 3. The number of benzene rings is 1. The third-order valence-electron chi connectivity index (χ3n) is 3.56. The Morgan fingerprint density at radius 1 is 1.24 bits per heavy atom. The van der Waals surface area contributed by atoms with Crippen molar-refractivity contribution in [2.75, 3.05) is 5.32 Å². The lowest BCUT2D eigenvalue weighted by atomic mass is 10.1. The van der Waals surface area contributed by atoms with E-state index >= 15 is 0 Å². The summed E-state index contributed by atoms with van der Waals surface area (Å²) >= 11 is 0. The van der Waals surface area contributed by atoms with Crippen molar-refractivity contribution in [3.63, 3.8) is 0 Å². The molecule has 0 saturated carbocycles. The van der Waals surface area contributed by atoms with Crippen LogP contribution in [0.1, 0.15) is 25.5 Å². The number of hydrogen-bond acceptors (Lipinski definition) is 3. The molecule has 0 bridgehead atoms. The average molecular weight is 281 g/mol. The molecule has 0 radical (unpaired) electrons. The van der Waals surface area contributed by atoms with E-state index in [-0.39, 0.29) is 6.04 Å². The van der Waals surface area contributed by atoms with E-state index in [9.17, 15) is 0 Å². The molecule has 0 saturated heterocycles. The number of hydrogen-bond donors (Lipinski definition) is 2. The molecule has 1 atom stereocenters. The number of aromatic nitrogens is 4. The van der Waals surface area contributed by atoms with Crippen molar-refractivity contribution in [2.24, 2.45) is 0 Å². The highest BCUT2D eigenvalue weighted by Crippen LogP contribution is 2.22. The van der Waals surface area contributed by atoms with Gasteiger partial charge in [-0.2, -0.15) is 10.2 Å². The van der Waals surface area contributed by atoms with Crippen LogP contribution in [0.15, 0.2) is 48.9 Å². The Bertz CT molecular complexity index is 682. The molecule has 2 heterocycles. The van der Waals surface area contributed by atoms with Crippen molar-refractivity contribution in [1.29, 1.82) is 0 Å². The summed E-state index contributed by atoms with van der Waals surface area (Å²) in [4.78, 5) is 0. The van der Waals surface area contributed by atoms with Gasteiger partial charge in [0.05, 0.1) is 17.9 Å². The summed E-state index contributed by atoms with van der Waals surface area (Å²) in [5.74, 6) is 0. The molecule has 2 N–H and O–H groups in total. The molecule has 0 aliphatic carbocycles. The fourth-order valence-corrected chi connectivity index (χ4v) is 2.27. The average Bonchev–Trinajstić information content (AvgIpc) is 3.19. The maximum Gasteiger partial charge on any atom is 0.0650 e. The number of rotatable bonds is 5. The summed E-state index contributed by atoms with van der Waals surface area (Å²) in [5.41, 5.74) is 4.44. The lowest BCUT2D eigenvalue weighted by Gasteiger charge is -2.14. The number of nitrogens with one attached hydrogen (secondary N) is 2. The van der Waals surface area contributed by atoms with Gasteiger partial charge in [-0.05, 0) is 37.6 Å². The quantitative estimate of drug-likeness (QED) is 0.753. The molecule has 0 spiro atoms. The molecule has 0 aliphatic heterocycles. The summed E-state index contributed by atoms with van der Waals surface area (Å²) in [6.07, 6.45) is 5.76. The number of H-pyrrole nitrogens is 1. The molecule has 5 nitrogen and oxygen atoms in total. The molecule has 0 aliphatic rings. The first kappa shape index (κ1) is 13.4. The van der Waals surface area contributed by atoms with Gasteiger partial charge in [0.1, 0.15) is 0 Å². The molecule has 108 valence electrons. The van der Waals surface area contributed by atoms with Gasteiger partial charge in [-0.15, -0.1) is 0 Å². The molecule has 1 unspecified atom stereocenters. The maximum atomic E-state index is 4.31. The zero-order chi connectivity index (χ0) is 14.7. The topological polar surface area (TPSA) is 58.5 Å². The van der Waals surface area contributed by atoms with E-state index in [0.29, 0.717) is 0 Å². The van der Waals surface area contributed by atoms with Crippen molar-refractivity contribution >= 4 is 5.69 Å². The van der Waals surface area contributed by atoms with Crippen LogP contribution in [0.5, 0.6) is 0 Å². The Hall–Kier alpha value is -2.56. The van der Waals surface area contributed by atoms with Crippen LogP contribution in [0.2, 0.25) is 0 Å². The van der Waals surface area contributed by atoms with E-state index in [1.165, 1.54) is 5.56 Å². The molecule has 0 amide bonds. The zero-order valence-electron chi connectivity index (χ0n) is 12.2. The van der Waals surface area contributed by atoms with Gasteiger partial charge in [-0.1, -0.05) is 12.1 Å². The lowest BCUT2D eigenvalue weighted by Crippen LogP contribution is -2.05. The zero-order valence-corrected chi connectivity index (χ0v) is 12.2. The minimum atomic E-state index is 0.225. The number of aryl methyl sites for hydroxylation is 1. The summed E-state index contributed by atoms with van der Waals surface area (Å²) in [5, 5.41) is 14.7. The molecule has 1 aromatic carbocycles. The van der Waals surface area contributed by atoms with Crippen molar-refractivity contribution in [2.45, 2.75) is 26.4 Å². The van der Waals surface area contributed by atoms with E-state index in [0.717, 1.165) is 23.5 Å². The molecule has 3 rings (SSSR count). The Kier molecular flexibility index (Phi) is 3.73. The molecule has 21 heavy (non-hydrogen) atoms. The highest BCUT2D eigenvalue weighted by molar-refractivity contribution is 5.62. The number of aromatic amines is 1. The third-order valence-corrected chi connectivity index (χ3v) is 3.56. The second kappa shape index (κ2) is 5.83. The maximum absolute atomic E-state index is 4.31. The second-order valence-electron chi connectivity index (χ2n) is 5.04. The van der Waals surface area contributed by atoms with Crippen molar-refractivity contribution in [3.8, 4) is 11.3 Å². The lowest BCUT2D eigenvalue weighted by molar-refractivity contribution is 0.658. The summed E-state index contributed by atoms with van der Waals surface area (Å²) in [7, 11) is 0. The highest BCUT2D eigenvalue weighted by Gasteiger charge is 2.08. The van der Waals surface area contributed by atoms with E-state index in [2.05, 4.69) is 64.9 Å². The van der Waals surface area contributed by atoms with Gasteiger partial charge in [0.15, 0.2) is 0 Å². The fourth-order valence-electron chi connectivity index (χ4n) is 2.27.